The molecule has 0 aliphatic heterocycles. The van der Waals surface area contributed by atoms with Gasteiger partial charge in [-0.25, -0.2) is 0 Å². The number of rotatable bonds is 8. The number of benzene rings is 2. The van der Waals surface area contributed by atoms with Gasteiger partial charge in [0.1, 0.15) is 5.69 Å². The topological polar surface area (TPSA) is 133 Å². The summed E-state index contributed by atoms with van der Waals surface area (Å²) in [5.41, 5.74) is 1.48. The fourth-order valence-electron chi connectivity index (χ4n) is 3.23. The smallest absolute Gasteiger partial charge is 0.293 e. The maximum atomic E-state index is 12.9. The third kappa shape index (κ3) is 4.99. The van der Waals surface area contributed by atoms with Gasteiger partial charge >= 0.3 is 0 Å². The van der Waals surface area contributed by atoms with Crippen LogP contribution in [0.4, 0.5) is 11.4 Å². The number of amides is 1. The van der Waals surface area contributed by atoms with Gasteiger partial charge in [0.15, 0.2) is 16.8 Å². The van der Waals surface area contributed by atoms with E-state index in [1.807, 2.05) is 47.0 Å². The first-order valence-electron chi connectivity index (χ1n) is 10.1. The van der Waals surface area contributed by atoms with Crippen LogP contribution in [0.25, 0.3) is 17.1 Å². The van der Waals surface area contributed by atoms with Crippen molar-refractivity contribution in [2.75, 3.05) is 11.1 Å². The lowest BCUT2D eigenvalue weighted by molar-refractivity contribution is -0.384. The van der Waals surface area contributed by atoms with Gasteiger partial charge in [0.2, 0.25) is 5.91 Å². The maximum Gasteiger partial charge on any atom is 0.293 e. The van der Waals surface area contributed by atoms with E-state index in [4.69, 9.17) is 0 Å². The molecule has 2 heterocycles. The van der Waals surface area contributed by atoms with Gasteiger partial charge in [0, 0.05) is 42.2 Å². The largest absolute Gasteiger partial charge is 0.321 e. The van der Waals surface area contributed by atoms with Gasteiger partial charge in [-0.05, 0) is 36.4 Å². The number of anilines is 1. The van der Waals surface area contributed by atoms with Gasteiger partial charge in [-0.2, -0.15) is 0 Å². The van der Waals surface area contributed by atoms with E-state index in [9.17, 15) is 19.7 Å². The molecule has 2 aromatic heterocycles. The Balaban J connectivity index is 1.61. The first-order chi connectivity index (χ1) is 16.4. The Labute approximate surface area is 198 Å². The number of carbonyl (C=O) groups is 2. The molecule has 0 bridgehead atoms. The fraction of sp³-hybridized carbons (Fsp3) is 0.0870. The Hall–Kier alpha value is -4.38. The lowest BCUT2D eigenvalue weighted by atomic mass is 10.1. The Morgan fingerprint density at radius 2 is 1.79 bits per heavy atom. The van der Waals surface area contributed by atoms with Crippen molar-refractivity contribution in [1.82, 2.24) is 19.7 Å². The molecule has 11 heteroatoms. The zero-order valence-corrected chi connectivity index (χ0v) is 18.7. The van der Waals surface area contributed by atoms with Crippen molar-refractivity contribution in [2.24, 2.45) is 0 Å². The molecule has 10 nitrogen and oxygen atoms in total. The molecular weight excluding hydrogens is 456 g/mol. The number of hydrogen-bond acceptors (Lipinski definition) is 8. The van der Waals surface area contributed by atoms with E-state index in [0.29, 0.717) is 11.0 Å². The monoisotopic (exact) mass is 474 g/mol. The molecule has 0 fully saturated rings. The summed E-state index contributed by atoms with van der Waals surface area (Å²) in [6, 6.07) is 17.1. The second kappa shape index (κ2) is 10.0. The molecule has 1 N–H and O–H groups in total. The maximum absolute atomic E-state index is 12.9. The second-order valence-corrected chi connectivity index (χ2v) is 8.04. The molecule has 0 radical (unpaired) electrons. The van der Waals surface area contributed by atoms with E-state index >= 15 is 0 Å². The summed E-state index contributed by atoms with van der Waals surface area (Å²) in [7, 11) is 0. The van der Waals surface area contributed by atoms with Crippen molar-refractivity contribution in [2.45, 2.75) is 12.1 Å². The highest BCUT2D eigenvalue weighted by molar-refractivity contribution is 7.99. The van der Waals surface area contributed by atoms with E-state index in [-0.39, 0.29) is 28.5 Å². The van der Waals surface area contributed by atoms with Gasteiger partial charge in [-0.3, -0.25) is 29.3 Å². The van der Waals surface area contributed by atoms with Crippen LogP contribution in [0, 0.1) is 10.1 Å². The number of aromatic nitrogens is 4. The molecule has 0 aliphatic rings. The summed E-state index contributed by atoms with van der Waals surface area (Å²) >= 11 is 1.17. The van der Waals surface area contributed by atoms with Crippen molar-refractivity contribution >= 4 is 34.8 Å². The molecule has 4 aromatic rings. The molecule has 2 aromatic carbocycles. The van der Waals surface area contributed by atoms with Crippen LogP contribution < -0.4 is 5.32 Å². The average molecular weight is 475 g/mol. The third-order valence-corrected chi connectivity index (χ3v) is 5.67. The number of nitro groups is 1. The summed E-state index contributed by atoms with van der Waals surface area (Å²) in [5, 5.41) is 22.9. The number of carbonyl (C=O) groups excluding carboxylic acids is 2. The summed E-state index contributed by atoms with van der Waals surface area (Å²) in [4.78, 5) is 39.0. The number of hydrogen-bond donors (Lipinski definition) is 1. The highest BCUT2D eigenvalue weighted by atomic mass is 32.2. The first-order valence-corrected chi connectivity index (χ1v) is 11.1. The summed E-state index contributed by atoms with van der Waals surface area (Å²) in [6.45, 7) is 1.25. The lowest BCUT2D eigenvalue weighted by Crippen LogP contribution is -2.10. The highest BCUT2D eigenvalue weighted by Gasteiger charge is 2.21. The quantitative estimate of drug-likeness (QED) is 0.174. The summed E-state index contributed by atoms with van der Waals surface area (Å²) in [6.07, 6.45) is 3.32. The van der Waals surface area contributed by atoms with E-state index in [1.54, 1.807) is 12.4 Å². The highest BCUT2D eigenvalue weighted by Crippen LogP contribution is 2.30. The van der Waals surface area contributed by atoms with Crippen LogP contribution in [0.1, 0.15) is 17.3 Å². The number of nitro benzene ring substituents is 1. The molecule has 0 aliphatic carbocycles. The van der Waals surface area contributed by atoms with Gasteiger partial charge < -0.3 is 5.32 Å². The number of para-hydroxylation sites is 1. The molecule has 0 unspecified atom stereocenters. The number of nitrogens with one attached hydrogen (secondary N) is 1. The van der Waals surface area contributed by atoms with E-state index in [2.05, 4.69) is 20.5 Å². The van der Waals surface area contributed by atoms with E-state index in [0.717, 1.165) is 11.3 Å². The molecular formula is C23H18N6O4S. The number of Topliss-reactive ketones (excluding diaryl/α,β-unsaturated/α-hetero) is 1. The van der Waals surface area contributed by atoms with Crippen molar-refractivity contribution in [3.8, 4) is 17.1 Å². The van der Waals surface area contributed by atoms with Crippen molar-refractivity contribution < 1.29 is 14.5 Å². The van der Waals surface area contributed by atoms with Crippen molar-refractivity contribution in [3.05, 3.63) is 88.7 Å². The first kappa shape index (κ1) is 22.8. The van der Waals surface area contributed by atoms with Crippen LogP contribution in [0.15, 0.2) is 78.2 Å². The predicted molar refractivity (Wildman–Crippen MR) is 127 cm³/mol. The van der Waals surface area contributed by atoms with Crippen LogP contribution in [-0.4, -0.2) is 42.1 Å². The van der Waals surface area contributed by atoms with Gasteiger partial charge in [0.25, 0.3) is 5.69 Å². The minimum atomic E-state index is -0.637. The summed E-state index contributed by atoms with van der Waals surface area (Å²) in [5.74, 6) is -0.185. The van der Waals surface area contributed by atoms with Crippen LogP contribution in [0.5, 0.6) is 0 Å². The minimum absolute atomic E-state index is 0.0159. The SMILES string of the molecule is CC(=O)Nc1ccc(C(=O)CSc2nnc(-c3ccncc3)n2-c2ccccc2)cc1[N+](=O)[O-]. The molecule has 0 spiro atoms. The van der Waals surface area contributed by atoms with Gasteiger partial charge in [-0.1, -0.05) is 30.0 Å². The number of nitrogens with zero attached hydrogens (tertiary/aromatic N) is 5. The summed E-state index contributed by atoms with van der Waals surface area (Å²) < 4.78 is 1.84. The van der Waals surface area contributed by atoms with Gasteiger partial charge in [-0.15, -0.1) is 10.2 Å². The fourth-order valence-corrected chi connectivity index (χ4v) is 4.07. The molecule has 0 saturated heterocycles. The lowest BCUT2D eigenvalue weighted by Gasteiger charge is -2.10. The van der Waals surface area contributed by atoms with Crippen LogP contribution in [-0.2, 0) is 4.79 Å². The Kier molecular flexibility index (Phi) is 6.74. The Bertz CT molecular complexity index is 1360. The number of pyridine rings is 1. The molecule has 4 rings (SSSR count). The average Bonchev–Trinajstić information content (AvgIpc) is 3.27. The standard InChI is InChI=1S/C23H18N6O4S/c1-15(30)25-19-8-7-17(13-20(19)29(32)33)21(31)14-34-23-27-26-22(16-9-11-24-12-10-16)28(23)18-5-3-2-4-6-18/h2-13H,14H2,1H3,(H,25,30). The zero-order chi connectivity index (χ0) is 24.1. The van der Waals surface area contributed by atoms with Crippen molar-refractivity contribution in [1.29, 1.82) is 0 Å². The van der Waals surface area contributed by atoms with Crippen LogP contribution >= 0.6 is 11.8 Å². The second-order valence-electron chi connectivity index (χ2n) is 7.10. The van der Waals surface area contributed by atoms with Crippen LogP contribution in [0.3, 0.4) is 0 Å². The normalized spacial score (nSPS) is 10.6. The molecule has 170 valence electrons. The van der Waals surface area contributed by atoms with Crippen molar-refractivity contribution in [3.63, 3.8) is 0 Å². The van der Waals surface area contributed by atoms with Crippen LogP contribution in [0.2, 0.25) is 0 Å². The third-order valence-electron chi connectivity index (χ3n) is 4.75. The van der Waals surface area contributed by atoms with E-state index in [1.165, 1.54) is 36.9 Å². The molecule has 0 atom stereocenters. The minimum Gasteiger partial charge on any atom is -0.321 e. The Morgan fingerprint density at radius 1 is 1.06 bits per heavy atom. The van der Waals surface area contributed by atoms with Gasteiger partial charge in [0.05, 0.1) is 10.7 Å². The predicted octanol–water partition coefficient (Wildman–Crippen LogP) is 4.17. The zero-order valence-electron chi connectivity index (χ0n) is 17.9. The molecule has 1 amide bonds. The number of ketones is 1. The molecule has 0 saturated carbocycles. The van der Waals surface area contributed by atoms with E-state index < -0.39 is 10.8 Å². The molecule has 34 heavy (non-hydrogen) atoms. The number of thioether (sulfide) groups is 1. The Morgan fingerprint density at radius 3 is 2.47 bits per heavy atom.